The van der Waals surface area contributed by atoms with Crippen molar-refractivity contribution in [1.82, 2.24) is 10.2 Å². The molecule has 1 aromatic carbocycles. The van der Waals surface area contributed by atoms with Crippen LogP contribution in [0.2, 0.25) is 0 Å². The van der Waals surface area contributed by atoms with Crippen molar-refractivity contribution < 1.29 is 14.2 Å². The molecule has 1 amide bonds. The highest BCUT2D eigenvalue weighted by Gasteiger charge is 2.22. The topological polar surface area (TPSA) is 55.6 Å². The second-order valence-corrected chi connectivity index (χ2v) is 4.23. The highest BCUT2D eigenvalue weighted by molar-refractivity contribution is 5.92. The molecule has 2 aromatic rings. The molecule has 1 aromatic heterocycles. The van der Waals surface area contributed by atoms with Crippen LogP contribution in [0.4, 0.5) is 0 Å². The Labute approximate surface area is 111 Å². The zero-order valence-electron chi connectivity index (χ0n) is 11.2. The van der Waals surface area contributed by atoms with Crippen molar-refractivity contribution in [2.24, 2.45) is 0 Å². The van der Waals surface area contributed by atoms with Crippen molar-refractivity contribution in [2.45, 2.75) is 13.3 Å². The van der Waals surface area contributed by atoms with E-state index in [0.29, 0.717) is 6.42 Å². The molecule has 100 valence electrons. The molecule has 0 aliphatic heterocycles. The lowest BCUT2D eigenvalue weighted by Crippen LogP contribution is -2.25. The minimum absolute atomic E-state index is 0.218. The molecule has 0 bridgehead atoms. The van der Waals surface area contributed by atoms with E-state index in [1.807, 2.05) is 37.3 Å². The standard InChI is InChI=1S/C14H16N2O3/c1-10-12(9-11-7-5-4-6-8-11)15-19-13(10)14(17)16(2)18-3/h4-8H,9H2,1-3H3. The highest BCUT2D eigenvalue weighted by atomic mass is 16.7. The van der Waals surface area contributed by atoms with Crippen LogP contribution in [0.1, 0.15) is 27.4 Å². The van der Waals surface area contributed by atoms with Gasteiger partial charge in [-0.3, -0.25) is 9.63 Å². The van der Waals surface area contributed by atoms with Gasteiger partial charge in [-0.2, -0.15) is 0 Å². The quantitative estimate of drug-likeness (QED) is 0.791. The average Bonchev–Trinajstić information content (AvgIpc) is 2.80. The van der Waals surface area contributed by atoms with Crippen molar-refractivity contribution in [3.63, 3.8) is 0 Å². The number of amides is 1. The SMILES string of the molecule is CON(C)C(=O)c1onc(Cc2ccccc2)c1C. The summed E-state index contributed by atoms with van der Waals surface area (Å²) in [6.07, 6.45) is 0.639. The maximum absolute atomic E-state index is 11.9. The third-order valence-electron chi connectivity index (χ3n) is 2.99. The summed E-state index contributed by atoms with van der Waals surface area (Å²) in [5.74, 6) is -0.123. The Morgan fingerprint density at radius 1 is 1.37 bits per heavy atom. The maximum Gasteiger partial charge on any atom is 0.315 e. The summed E-state index contributed by atoms with van der Waals surface area (Å²) in [4.78, 5) is 16.8. The molecule has 5 heteroatoms. The molecule has 0 radical (unpaired) electrons. The van der Waals surface area contributed by atoms with Crippen molar-refractivity contribution in [3.8, 4) is 0 Å². The summed E-state index contributed by atoms with van der Waals surface area (Å²) in [6.45, 7) is 1.82. The molecule has 1 heterocycles. The Kier molecular flexibility index (Phi) is 3.97. The molecule has 0 saturated carbocycles. The van der Waals surface area contributed by atoms with Gasteiger partial charge in [0.2, 0.25) is 5.76 Å². The fraction of sp³-hybridized carbons (Fsp3) is 0.286. The number of hydrogen-bond donors (Lipinski definition) is 0. The first-order valence-electron chi connectivity index (χ1n) is 5.94. The van der Waals surface area contributed by atoms with E-state index in [4.69, 9.17) is 9.36 Å². The average molecular weight is 260 g/mol. The van der Waals surface area contributed by atoms with Crippen LogP contribution in [0.25, 0.3) is 0 Å². The first kappa shape index (κ1) is 13.3. The Morgan fingerprint density at radius 3 is 2.68 bits per heavy atom. The number of carbonyl (C=O) groups excluding carboxylic acids is 1. The fourth-order valence-electron chi connectivity index (χ4n) is 1.75. The minimum atomic E-state index is -0.341. The smallest absolute Gasteiger partial charge is 0.315 e. The summed E-state index contributed by atoms with van der Waals surface area (Å²) in [5, 5.41) is 5.08. The Bertz CT molecular complexity index is 563. The third kappa shape index (κ3) is 2.82. The molecule has 0 aliphatic rings. The van der Waals surface area contributed by atoms with E-state index in [1.165, 1.54) is 14.2 Å². The van der Waals surface area contributed by atoms with Crippen LogP contribution in [-0.4, -0.2) is 30.3 Å². The van der Waals surface area contributed by atoms with Gasteiger partial charge < -0.3 is 4.52 Å². The van der Waals surface area contributed by atoms with Crippen molar-refractivity contribution in [3.05, 3.63) is 52.9 Å². The van der Waals surface area contributed by atoms with E-state index < -0.39 is 0 Å². The van der Waals surface area contributed by atoms with E-state index in [9.17, 15) is 4.79 Å². The van der Waals surface area contributed by atoms with Crippen molar-refractivity contribution >= 4 is 5.91 Å². The number of carbonyl (C=O) groups is 1. The summed E-state index contributed by atoms with van der Waals surface area (Å²) in [6, 6.07) is 9.92. The molecule has 0 atom stereocenters. The van der Waals surface area contributed by atoms with Crippen LogP contribution >= 0.6 is 0 Å². The molecule has 19 heavy (non-hydrogen) atoms. The van der Waals surface area contributed by atoms with Crippen LogP contribution in [0.3, 0.4) is 0 Å². The molecule has 0 aliphatic carbocycles. The number of benzene rings is 1. The second-order valence-electron chi connectivity index (χ2n) is 4.23. The van der Waals surface area contributed by atoms with Crippen molar-refractivity contribution in [2.75, 3.05) is 14.2 Å². The highest BCUT2D eigenvalue weighted by Crippen LogP contribution is 2.18. The monoisotopic (exact) mass is 260 g/mol. The van der Waals surface area contributed by atoms with Gasteiger partial charge in [-0.15, -0.1) is 0 Å². The summed E-state index contributed by atoms with van der Waals surface area (Å²) < 4.78 is 5.13. The minimum Gasteiger partial charge on any atom is -0.350 e. The van der Waals surface area contributed by atoms with Crippen LogP contribution in [0, 0.1) is 6.92 Å². The molecule has 0 fully saturated rings. The molecular weight excluding hydrogens is 244 g/mol. The van der Waals surface area contributed by atoms with Gasteiger partial charge in [0.15, 0.2) is 0 Å². The maximum atomic E-state index is 11.9. The first-order valence-corrected chi connectivity index (χ1v) is 5.94. The number of hydroxylamine groups is 2. The van der Waals surface area contributed by atoms with Crippen LogP contribution in [-0.2, 0) is 11.3 Å². The summed E-state index contributed by atoms with van der Waals surface area (Å²) >= 11 is 0. The number of hydrogen-bond acceptors (Lipinski definition) is 4. The molecular formula is C14H16N2O3. The lowest BCUT2D eigenvalue weighted by atomic mass is 10.1. The number of aromatic nitrogens is 1. The molecule has 0 N–H and O–H groups in total. The predicted molar refractivity (Wildman–Crippen MR) is 69.6 cm³/mol. The van der Waals surface area contributed by atoms with Crippen LogP contribution in [0.15, 0.2) is 34.9 Å². The van der Waals surface area contributed by atoms with E-state index >= 15 is 0 Å². The zero-order chi connectivity index (χ0) is 13.8. The summed E-state index contributed by atoms with van der Waals surface area (Å²) in [5.41, 5.74) is 2.63. The van der Waals surface area contributed by atoms with Gasteiger partial charge in [-0.05, 0) is 12.5 Å². The molecule has 0 saturated heterocycles. The predicted octanol–water partition coefficient (Wildman–Crippen LogP) is 2.21. The molecule has 0 unspecified atom stereocenters. The lowest BCUT2D eigenvalue weighted by Gasteiger charge is -2.11. The molecule has 2 rings (SSSR count). The third-order valence-corrected chi connectivity index (χ3v) is 2.99. The summed E-state index contributed by atoms with van der Waals surface area (Å²) in [7, 11) is 2.95. The Hall–Kier alpha value is -2.14. The Morgan fingerprint density at radius 2 is 2.05 bits per heavy atom. The van der Waals surface area contributed by atoms with Gasteiger partial charge in [0.25, 0.3) is 0 Å². The normalized spacial score (nSPS) is 10.5. The van der Waals surface area contributed by atoms with Gasteiger partial charge in [-0.1, -0.05) is 35.5 Å². The van der Waals surface area contributed by atoms with Gasteiger partial charge in [0.05, 0.1) is 12.8 Å². The van der Waals surface area contributed by atoms with Crippen LogP contribution < -0.4 is 0 Å². The molecule has 5 nitrogen and oxygen atoms in total. The van der Waals surface area contributed by atoms with E-state index in [1.54, 1.807) is 0 Å². The molecule has 0 spiro atoms. The largest absolute Gasteiger partial charge is 0.350 e. The van der Waals surface area contributed by atoms with Gasteiger partial charge in [0.1, 0.15) is 0 Å². The van der Waals surface area contributed by atoms with E-state index in [-0.39, 0.29) is 11.7 Å². The first-order chi connectivity index (χ1) is 9.13. The van der Waals surface area contributed by atoms with Gasteiger partial charge in [-0.25, -0.2) is 5.06 Å². The van der Waals surface area contributed by atoms with E-state index in [0.717, 1.165) is 21.9 Å². The lowest BCUT2D eigenvalue weighted by molar-refractivity contribution is -0.0777. The van der Waals surface area contributed by atoms with Crippen LogP contribution in [0.5, 0.6) is 0 Å². The Balaban J connectivity index is 2.21. The van der Waals surface area contributed by atoms with Crippen molar-refractivity contribution in [1.29, 1.82) is 0 Å². The van der Waals surface area contributed by atoms with E-state index in [2.05, 4.69) is 5.16 Å². The fourth-order valence-corrected chi connectivity index (χ4v) is 1.75. The van der Waals surface area contributed by atoms with Gasteiger partial charge in [0, 0.05) is 19.0 Å². The number of nitrogens with zero attached hydrogens (tertiary/aromatic N) is 2. The number of rotatable bonds is 4. The second kappa shape index (κ2) is 5.67. The zero-order valence-corrected chi connectivity index (χ0v) is 11.2. The van der Waals surface area contributed by atoms with Gasteiger partial charge >= 0.3 is 5.91 Å².